The maximum absolute atomic E-state index is 12.6. The summed E-state index contributed by atoms with van der Waals surface area (Å²) in [4.78, 5) is 25.1. The third kappa shape index (κ3) is 5.23. The zero-order chi connectivity index (χ0) is 20.0. The Hall–Kier alpha value is -2.53. The molecule has 144 valence electrons. The van der Waals surface area contributed by atoms with Crippen molar-refractivity contribution in [2.45, 2.75) is 27.2 Å². The van der Waals surface area contributed by atoms with E-state index in [1.807, 2.05) is 37.3 Å². The second kappa shape index (κ2) is 8.91. The number of benzene rings is 2. The fourth-order valence-corrected chi connectivity index (χ4v) is 2.68. The number of carbonyl (C=O) groups excluding carboxylic acids is 2. The lowest BCUT2D eigenvalue weighted by Gasteiger charge is -2.23. The number of hydrogen-bond donors (Lipinski definition) is 2. The molecular weight excluding hydrogens is 364 g/mol. The molecule has 0 spiro atoms. The van der Waals surface area contributed by atoms with Crippen LogP contribution in [0.25, 0.3) is 0 Å². The van der Waals surface area contributed by atoms with Gasteiger partial charge in [0.2, 0.25) is 11.8 Å². The van der Waals surface area contributed by atoms with E-state index in [-0.39, 0.29) is 5.91 Å². The van der Waals surface area contributed by atoms with Gasteiger partial charge in [0.25, 0.3) is 0 Å². The average molecular weight is 389 g/mol. The van der Waals surface area contributed by atoms with Crippen molar-refractivity contribution in [1.82, 2.24) is 5.32 Å². The molecule has 0 atom stereocenters. The van der Waals surface area contributed by atoms with E-state index in [1.54, 1.807) is 33.1 Å². The summed E-state index contributed by atoms with van der Waals surface area (Å²) in [6.45, 7) is 5.48. The van der Waals surface area contributed by atoms with Crippen molar-refractivity contribution in [2.75, 3.05) is 19.0 Å². The zero-order valence-corrected chi connectivity index (χ0v) is 16.8. The summed E-state index contributed by atoms with van der Waals surface area (Å²) in [5, 5.41) is 6.14. The summed E-state index contributed by atoms with van der Waals surface area (Å²) >= 11 is 6.08. The van der Waals surface area contributed by atoms with Crippen LogP contribution in [-0.2, 0) is 16.0 Å². The number of rotatable bonds is 7. The largest absolute Gasteiger partial charge is 0.496 e. The molecule has 27 heavy (non-hydrogen) atoms. The fraction of sp³-hybridized carbons (Fsp3) is 0.333. The number of nitrogens with one attached hydrogen (secondary N) is 2. The van der Waals surface area contributed by atoms with Crippen molar-refractivity contribution >= 4 is 29.1 Å². The van der Waals surface area contributed by atoms with Gasteiger partial charge < -0.3 is 15.4 Å². The normalized spacial score (nSPS) is 11.0. The highest BCUT2D eigenvalue weighted by molar-refractivity contribution is 6.31. The molecule has 2 rings (SSSR count). The van der Waals surface area contributed by atoms with Crippen LogP contribution in [0.1, 0.15) is 25.0 Å². The molecule has 0 radical (unpaired) electrons. The Morgan fingerprint density at radius 3 is 2.48 bits per heavy atom. The van der Waals surface area contributed by atoms with E-state index in [9.17, 15) is 9.59 Å². The van der Waals surface area contributed by atoms with E-state index in [0.717, 1.165) is 16.9 Å². The van der Waals surface area contributed by atoms with E-state index in [4.69, 9.17) is 16.3 Å². The highest BCUT2D eigenvalue weighted by Crippen LogP contribution is 2.23. The quantitative estimate of drug-likeness (QED) is 0.705. The molecule has 0 fully saturated rings. The minimum Gasteiger partial charge on any atom is -0.496 e. The predicted molar refractivity (Wildman–Crippen MR) is 108 cm³/mol. The van der Waals surface area contributed by atoms with Crippen LogP contribution in [0, 0.1) is 12.3 Å². The van der Waals surface area contributed by atoms with Gasteiger partial charge in [-0.05, 0) is 56.5 Å². The molecule has 0 aliphatic carbocycles. The molecule has 0 heterocycles. The Morgan fingerprint density at radius 2 is 1.81 bits per heavy atom. The van der Waals surface area contributed by atoms with E-state index in [1.165, 1.54) is 0 Å². The van der Waals surface area contributed by atoms with Crippen molar-refractivity contribution < 1.29 is 14.3 Å². The minimum atomic E-state index is -1.22. The number of amides is 2. The summed E-state index contributed by atoms with van der Waals surface area (Å²) in [6, 6.07) is 12.9. The lowest BCUT2D eigenvalue weighted by molar-refractivity contribution is -0.138. The van der Waals surface area contributed by atoms with Crippen LogP contribution in [0.3, 0.4) is 0 Å². The van der Waals surface area contributed by atoms with Crippen LogP contribution in [0.15, 0.2) is 42.5 Å². The Balaban J connectivity index is 1.95. The molecule has 6 heteroatoms. The van der Waals surface area contributed by atoms with Gasteiger partial charge in [0.1, 0.15) is 11.2 Å². The lowest BCUT2D eigenvalue weighted by Crippen LogP contribution is -2.45. The van der Waals surface area contributed by atoms with Gasteiger partial charge in [-0.15, -0.1) is 0 Å². The number of aryl methyl sites for hydroxylation is 1. The van der Waals surface area contributed by atoms with E-state index in [0.29, 0.717) is 23.7 Å². The number of hydrogen-bond acceptors (Lipinski definition) is 3. The van der Waals surface area contributed by atoms with Gasteiger partial charge in [0.15, 0.2) is 0 Å². The topological polar surface area (TPSA) is 67.4 Å². The van der Waals surface area contributed by atoms with Gasteiger partial charge >= 0.3 is 0 Å². The van der Waals surface area contributed by atoms with Crippen molar-refractivity contribution in [1.29, 1.82) is 0 Å². The van der Waals surface area contributed by atoms with Gasteiger partial charge in [-0.1, -0.05) is 35.9 Å². The second-order valence-electron chi connectivity index (χ2n) is 6.86. The highest BCUT2D eigenvalue weighted by atomic mass is 35.5. The van der Waals surface area contributed by atoms with Gasteiger partial charge in [-0.2, -0.15) is 0 Å². The van der Waals surface area contributed by atoms with E-state index in [2.05, 4.69) is 10.6 Å². The first-order valence-electron chi connectivity index (χ1n) is 8.73. The summed E-state index contributed by atoms with van der Waals surface area (Å²) in [6.07, 6.45) is 0.612. The fourth-order valence-electron chi connectivity index (χ4n) is 2.50. The standard InChI is InChI=1S/C21H25ClN2O3/c1-14-9-10-16(13-17(14)22)24-20(26)21(2,3)19(25)23-12-11-15-7-5-6-8-18(15)27-4/h5-10,13H,11-12H2,1-4H3,(H,23,25)(H,24,26). The molecule has 5 nitrogen and oxygen atoms in total. The number of ether oxygens (including phenoxy) is 1. The first kappa shape index (κ1) is 20.8. The smallest absolute Gasteiger partial charge is 0.239 e. The highest BCUT2D eigenvalue weighted by Gasteiger charge is 2.35. The summed E-state index contributed by atoms with van der Waals surface area (Å²) in [5.41, 5.74) is 1.25. The maximum Gasteiger partial charge on any atom is 0.239 e. The van der Waals surface area contributed by atoms with Crippen molar-refractivity contribution in [3.05, 3.63) is 58.6 Å². The third-order valence-electron chi connectivity index (χ3n) is 4.44. The van der Waals surface area contributed by atoms with Crippen molar-refractivity contribution in [2.24, 2.45) is 5.41 Å². The summed E-state index contributed by atoms with van der Waals surface area (Å²) < 4.78 is 5.31. The number of halogens is 1. The van der Waals surface area contributed by atoms with Crippen LogP contribution >= 0.6 is 11.6 Å². The Morgan fingerprint density at radius 1 is 1.11 bits per heavy atom. The minimum absolute atomic E-state index is 0.340. The predicted octanol–water partition coefficient (Wildman–Crippen LogP) is 3.98. The van der Waals surface area contributed by atoms with Crippen LogP contribution < -0.4 is 15.4 Å². The van der Waals surface area contributed by atoms with Gasteiger partial charge in [0, 0.05) is 17.3 Å². The molecule has 0 saturated carbocycles. The Labute approximate surface area is 165 Å². The molecule has 0 aromatic heterocycles. The van der Waals surface area contributed by atoms with Gasteiger partial charge in [-0.25, -0.2) is 0 Å². The van der Waals surface area contributed by atoms with Crippen LogP contribution in [-0.4, -0.2) is 25.5 Å². The molecule has 2 amide bonds. The molecule has 2 N–H and O–H groups in total. The average Bonchev–Trinajstić information content (AvgIpc) is 2.64. The summed E-state index contributed by atoms with van der Waals surface area (Å²) in [7, 11) is 1.61. The molecule has 0 aliphatic heterocycles. The number of para-hydroxylation sites is 1. The van der Waals surface area contributed by atoms with Crippen molar-refractivity contribution in [3.8, 4) is 5.75 Å². The molecule has 0 unspecified atom stereocenters. The van der Waals surface area contributed by atoms with Gasteiger partial charge in [0.05, 0.1) is 7.11 Å². The maximum atomic E-state index is 12.6. The molecule has 2 aromatic rings. The monoisotopic (exact) mass is 388 g/mol. The molecular formula is C21H25ClN2O3. The number of carbonyl (C=O) groups is 2. The first-order valence-corrected chi connectivity index (χ1v) is 9.11. The van der Waals surface area contributed by atoms with Crippen LogP contribution in [0.5, 0.6) is 5.75 Å². The van der Waals surface area contributed by atoms with Crippen molar-refractivity contribution in [3.63, 3.8) is 0 Å². The van der Waals surface area contributed by atoms with Crippen LogP contribution in [0.4, 0.5) is 5.69 Å². The first-order chi connectivity index (χ1) is 12.8. The second-order valence-corrected chi connectivity index (χ2v) is 7.27. The molecule has 0 saturated heterocycles. The van der Waals surface area contributed by atoms with Gasteiger partial charge in [-0.3, -0.25) is 9.59 Å². The molecule has 2 aromatic carbocycles. The van der Waals surface area contributed by atoms with E-state index >= 15 is 0 Å². The SMILES string of the molecule is COc1ccccc1CCNC(=O)C(C)(C)C(=O)Nc1ccc(C)c(Cl)c1. The number of anilines is 1. The molecule has 0 aliphatic rings. The number of methoxy groups -OCH3 is 1. The Kier molecular flexibility index (Phi) is 6.86. The lowest BCUT2D eigenvalue weighted by atomic mass is 9.90. The zero-order valence-electron chi connectivity index (χ0n) is 16.1. The Bertz CT molecular complexity index is 834. The van der Waals surface area contributed by atoms with Crippen LogP contribution in [0.2, 0.25) is 5.02 Å². The molecule has 0 bridgehead atoms. The van der Waals surface area contributed by atoms with E-state index < -0.39 is 11.3 Å². The third-order valence-corrected chi connectivity index (χ3v) is 4.84. The summed E-state index contributed by atoms with van der Waals surface area (Å²) in [5.74, 6) is 0.0466.